The molecule has 4 nitrogen and oxygen atoms in total. The second-order valence-electron chi connectivity index (χ2n) is 5.95. The average Bonchev–Trinajstić information content (AvgIpc) is 2.52. The summed E-state index contributed by atoms with van der Waals surface area (Å²) in [5.74, 6) is 0. The zero-order valence-electron chi connectivity index (χ0n) is 13.0. The lowest BCUT2D eigenvalue weighted by molar-refractivity contribution is 0.0675. The van der Waals surface area contributed by atoms with Gasteiger partial charge in [0.25, 0.3) is 0 Å². The molecule has 4 heteroatoms. The van der Waals surface area contributed by atoms with Crippen LogP contribution in [0.2, 0.25) is 0 Å². The summed E-state index contributed by atoms with van der Waals surface area (Å²) in [6.07, 6.45) is 3.13. The van der Waals surface area contributed by atoms with Crippen LogP contribution in [0.3, 0.4) is 0 Å². The highest BCUT2D eigenvalue weighted by atomic mass is 16.6. The summed E-state index contributed by atoms with van der Waals surface area (Å²) in [6, 6.07) is 10.5. The molecule has 1 fully saturated rings. The number of benzene rings is 1. The van der Waals surface area contributed by atoms with Gasteiger partial charge in [0, 0.05) is 25.2 Å². The molecule has 1 aliphatic rings. The Balaban J connectivity index is 1.86. The van der Waals surface area contributed by atoms with Crippen LogP contribution in [0, 0.1) is 0 Å². The lowest BCUT2D eigenvalue weighted by Gasteiger charge is -2.35. The predicted octanol–water partition coefficient (Wildman–Crippen LogP) is 3.18. The maximum Gasteiger partial charge on any atom is 0.410 e. The molecule has 1 heterocycles. The van der Waals surface area contributed by atoms with E-state index in [2.05, 4.69) is 19.2 Å². The highest BCUT2D eigenvalue weighted by Crippen LogP contribution is 2.18. The predicted molar refractivity (Wildman–Crippen MR) is 84.1 cm³/mol. The largest absolute Gasteiger partial charge is 0.445 e. The zero-order chi connectivity index (χ0) is 15.1. The number of carbonyl (C=O) groups excluding carboxylic acids is 1. The van der Waals surface area contributed by atoms with Gasteiger partial charge in [-0.1, -0.05) is 44.2 Å². The van der Waals surface area contributed by atoms with Gasteiger partial charge in [0.05, 0.1) is 0 Å². The second-order valence-corrected chi connectivity index (χ2v) is 5.95. The molecule has 1 N–H and O–H groups in total. The number of hydrogen-bond donors (Lipinski definition) is 1. The Labute approximate surface area is 127 Å². The third-order valence-electron chi connectivity index (χ3n) is 3.83. The van der Waals surface area contributed by atoms with Crippen molar-refractivity contribution in [1.29, 1.82) is 0 Å². The molecule has 2 rings (SSSR count). The Morgan fingerprint density at radius 3 is 2.81 bits per heavy atom. The average molecular weight is 290 g/mol. The van der Waals surface area contributed by atoms with Gasteiger partial charge in [-0.2, -0.15) is 0 Å². The van der Waals surface area contributed by atoms with Crippen molar-refractivity contribution in [2.75, 3.05) is 13.1 Å². The molecule has 1 aliphatic heterocycles. The maximum absolute atomic E-state index is 12.3. The summed E-state index contributed by atoms with van der Waals surface area (Å²) in [5.41, 5.74) is 1.03. The first-order valence-electron chi connectivity index (χ1n) is 7.87. The summed E-state index contributed by atoms with van der Waals surface area (Å²) in [6.45, 7) is 6.25. The van der Waals surface area contributed by atoms with Crippen molar-refractivity contribution in [2.45, 2.75) is 51.8 Å². The molecular formula is C17H26N2O2. The van der Waals surface area contributed by atoms with Crippen molar-refractivity contribution in [2.24, 2.45) is 0 Å². The fourth-order valence-electron chi connectivity index (χ4n) is 2.63. The van der Waals surface area contributed by atoms with Gasteiger partial charge in [-0.05, 0) is 24.8 Å². The summed E-state index contributed by atoms with van der Waals surface area (Å²) < 4.78 is 5.46. The highest BCUT2D eigenvalue weighted by Gasteiger charge is 2.27. The first-order valence-corrected chi connectivity index (χ1v) is 7.87. The van der Waals surface area contributed by atoms with Crippen LogP contribution >= 0.6 is 0 Å². The van der Waals surface area contributed by atoms with Crippen molar-refractivity contribution in [3.63, 3.8) is 0 Å². The van der Waals surface area contributed by atoms with Gasteiger partial charge in [-0.3, -0.25) is 0 Å². The number of ether oxygens (including phenoxy) is 1. The third-order valence-corrected chi connectivity index (χ3v) is 3.83. The standard InChI is InChI=1S/C17H26N2O2/c1-14(2)18-12-16-10-6-7-11-19(16)17(20)21-13-15-8-4-3-5-9-15/h3-5,8-9,14,16,18H,6-7,10-13H2,1-2H3/t16-/m1/s1. The van der Waals surface area contributed by atoms with E-state index >= 15 is 0 Å². The molecule has 0 unspecified atom stereocenters. The van der Waals surface area contributed by atoms with Crippen molar-refractivity contribution in [3.05, 3.63) is 35.9 Å². The molecular weight excluding hydrogens is 264 g/mol. The summed E-state index contributed by atoms with van der Waals surface area (Å²) in [5, 5.41) is 3.42. The molecule has 0 aromatic heterocycles. The van der Waals surface area contributed by atoms with Crippen LogP contribution in [0.4, 0.5) is 4.79 Å². The van der Waals surface area contributed by atoms with E-state index in [0.29, 0.717) is 12.6 Å². The van der Waals surface area contributed by atoms with E-state index in [9.17, 15) is 4.79 Å². The first kappa shape index (κ1) is 15.8. The fraction of sp³-hybridized carbons (Fsp3) is 0.588. The van der Waals surface area contributed by atoms with Gasteiger partial charge in [0.2, 0.25) is 0 Å². The van der Waals surface area contributed by atoms with Crippen LogP contribution in [0.15, 0.2) is 30.3 Å². The Hall–Kier alpha value is -1.55. The number of likely N-dealkylation sites (tertiary alicyclic amines) is 1. The van der Waals surface area contributed by atoms with Gasteiger partial charge >= 0.3 is 6.09 Å². The molecule has 1 atom stereocenters. The Morgan fingerprint density at radius 1 is 1.33 bits per heavy atom. The van der Waals surface area contributed by atoms with Crippen LogP contribution in [-0.2, 0) is 11.3 Å². The van der Waals surface area contributed by atoms with Crippen LogP contribution in [0.1, 0.15) is 38.7 Å². The first-order chi connectivity index (χ1) is 10.2. The van der Waals surface area contributed by atoms with Crippen LogP contribution < -0.4 is 5.32 Å². The number of carbonyl (C=O) groups is 1. The summed E-state index contributed by atoms with van der Waals surface area (Å²) >= 11 is 0. The molecule has 0 spiro atoms. The third kappa shape index (κ3) is 5.05. The molecule has 21 heavy (non-hydrogen) atoms. The van der Waals surface area contributed by atoms with Gasteiger partial charge in [-0.25, -0.2) is 4.79 Å². The van der Waals surface area contributed by atoms with Crippen molar-refractivity contribution < 1.29 is 9.53 Å². The normalized spacial score (nSPS) is 18.8. The molecule has 1 saturated heterocycles. The molecule has 0 saturated carbocycles. The lowest BCUT2D eigenvalue weighted by atomic mass is 10.0. The van der Waals surface area contributed by atoms with Crippen molar-refractivity contribution >= 4 is 6.09 Å². The molecule has 0 aliphatic carbocycles. The minimum Gasteiger partial charge on any atom is -0.445 e. The fourth-order valence-corrected chi connectivity index (χ4v) is 2.63. The number of amides is 1. The van der Waals surface area contributed by atoms with Gasteiger partial charge < -0.3 is 15.0 Å². The second kappa shape index (κ2) is 8.03. The number of rotatable bonds is 5. The highest BCUT2D eigenvalue weighted by molar-refractivity contribution is 5.68. The quantitative estimate of drug-likeness (QED) is 0.905. The summed E-state index contributed by atoms with van der Waals surface area (Å²) in [4.78, 5) is 14.2. The van der Waals surface area contributed by atoms with E-state index in [1.165, 1.54) is 6.42 Å². The van der Waals surface area contributed by atoms with E-state index in [4.69, 9.17) is 4.74 Å². The monoisotopic (exact) mass is 290 g/mol. The Morgan fingerprint density at radius 2 is 2.10 bits per heavy atom. The van der Waals surface area contributed by atoms with Crippen molar-refractivity contribution in [1.82, 2.24) is 10.2 Å². The van der Waals surface area contributed by atoms with E-state index in [0.717, 1.165) is 31.5 Å². The summed E-state index contributed by atoms with van der Waals surface area (Å²) in [7, 11) is 0. The van der Waals surface area contributed by atoms with Gasteiger partial charge in [-0.15, -0.1) is 0 Å². The number of nitrogens with zero attached hydrogens (tertiary/aromatic N) is 1. The minimum atomic E-state index is -0.186. The van der Waals surface area contributed by atoms with E-state index in [1.807, 2.05) is 35.2 Å². The number of hydrogen-bond acceptors (Lipinski definition) is 3. The zero-order valence-corrected chi connectivity index (χ0v) is 13.0. The lowest BCUT2D eigenvalue weighted by Crippen LogP contribution is -2.49. The molecule has 1 aromatic rings. The molecule has 1 aromatic carbocycles. The molecule has 116 valence electrons. The SMILES string of the molecule is CC(C)NC[C@H]1CCCCN1C(=O)OCc1ccccc1. The van der Waals surface area contributed by atoms with E-state index < -0.39 is 0 Å². The smallest absolute Gasteiger partial charge is 0.410 e. The van der Waals surface area contributed by atoms with Gasteiger partial charge in [0.1, 0.15) is 6.61 Å². The van der Waals surface area contributed by atoms with Gasteiger partial charge in [0.15, 0.2) is 0 Å². The van der Waals surface area contributed by atoms with Crippen LogP contribution in [-0.4, -0.2) is 36.2 Å². The van der Waals surface area contributed by atoms with E-state index in [-0.39, 0.29) is 12.1 Å². The van der Waals surface area contributed by atoms with E-state index in [1.54, 1.807) is 0 Å². The molecule has 0 radical (unpaired) electrons. The maximum atomic E-state index is 12.3. The molecule has 0 bridgehead atoms. The van der Waals surface area contributed by atoms with Crippen LogP contribution in [0.5, 0.6) is 0 Å². The number of piperidine rings is 1. The Bertz CT molecular complexity index is 434. The molecule has 1 amide bonds. The number of nitrogens with one attached hydrogen (secondary N) is 1. The van der Waals surface area contributed by atoms with Crippen molar-refractivity contribution in [3.8, 4) is 0 Å². The Kier molecular flexibility index (Phi) is 6.05. The topological polar surface area (TPSA) is 41.6 Å². The minimum absolute atomic E-state index is 0.186. The van der Waals surface area contributed by atoms with Crippen LogP contribution in [0.25, 0.3) is 0 Å².